The number of nitrogens with one attached hydrogen (secondary N) is 1. The molecule has 5 N–H and O–H groups in total. The van der Waals surface area contributed by atoms with E-state index in [9.17, 15) is 14.0 Å². The van der Waals surface area contributed by atoms with Gasteiger partial charge in [0, 0.05) is 12.1 Å². The average molecular weight is 412 g/mol. The zero-order valence-electron chi connectivity index (χ0n) is 17.6. The van der Waals surface area contributed by atoms with Gasteiger partial charge in [0.05, 0.1) is 5.70 Å². The van der Waals surface area contributed by atoms with E-state index < -0.39 is 5.91 Å². The minimum absolute atomic E-state index is 0.0821. The Labute approximate surface area is 177 Å². The molecule has 160 valence electrons. The van der Waals surface area contributed by atoms with Crippen LogP contribution in [0.1, 0.15) is 37.8 Å². The van der Waals surface area contributed by atoms with Gasteiger partial charge in [0.1, 0.15) is 5.82 Å². The summed E-state index contributed by atoms with van der Waals surface area (Å²) in [5, 5.41) is 2.88. The lowest BCUT2D eigenvalue weighted by atomic mass is 10.1. The van der Waals surface area contributed by atoms with Crippen LogP contribution in [-0.2, 0) is 22.4 Å². The summed E-state index contributed by atoms with van der Waals surface area (Å²) in [6.07, 6.45) is 4.27. The molecule has 0 atom stereocenters. The molecule has 0 bridgehead atoms. The normalized spacial score (nSPS) is 12.6. The minimum Gasteiger partial charge on any atom is -0.394 e. The zero-order chi connectivity index (χ0) is 22.5. The predicted molar refractivity (Wildman–Crippen MR) is 120 cm³/mol. The van der Waals surface area contributed by atoms with Crippen molar-refractivity contribution in [3.8, 4) is 0 Å². The molecule has 0 saturated heterocycles. The highest BCUT2D eigenvalue weighted by molar-refractivity contribution is 5.92. The van der Waals surface area contributed by atoms with Gasteiger partial charge in [0.15, 0.2) is 0 Å². The molecule has 2 amide bonds. The molecule has 2 aromatic rings. The van der Waals surface area contributed by atoms with Crippen molar-refractivity contribution in [1.29, 1.82) is 0 Å². The third kappa shape index (κ3) is 8.31. The van der Waals surface area contributed by atoms with E-state index in [1.165, 1.54) is 17.7 Å². The van der Waals surface area contributed by atoms with Crippen molar-refractivity contribution >= 4 is 17.5 Å². The van der Waals surface area contributed by atoms with Crippen molar-refractivity contribution in [2.45, 2.75) is 39.5 Å². The van der Waals surface area contributed by atoms with Crippen molar-refractivity contribution in [1.82, 2.24) is 0 Å². The maximum absolute atomic E-state index is 13.3. The quantitative estimate of drug-likeness (QED) is 0.518. The second-order valence-corrected chi connectivity index (χ2v) is 6.45. The van der Waals surface area contributed by atoms with Crippen LogP contribution in [0.15, 0.2) is 72.5 Å². The van der Waals surface area contributed by atoms with Gasteiger partial charge in [-0.3, -0.25) is 9.59 Å². The SMILES string of the molecule is C=C(/C=C(\N)C(N)=O)Cc1ccccc1F.CC.O=C1CCCc2ccccc2N1. The number of carbonyl (C=O) groups is 2. The van der Waals surface area contributed by atoms with E-state index in [1.54, 1.807) is 18.2 Å². The van der Waals surface area contributed by atoms with Crippen LogP contribution >= 0.6 is 0 Å². The lowest BCUT2D eigenvalue weighted by Gasteiger charge is -2.04. The number of amides is 2. The number of halogens is 1. The zero-order valence-corrected chi connectivity index (χ0v) is 17.6. The molecule has 0 aromatic heterocycles. The summed E-state index contributed by atoms with van der Waals surface area (Å²) in [4.78, 5) is 21.8. The van der Waals surface area contributed by atoms with Gasteiger partial charge in [-0.1, -0.05) is 56.8 Å². The standard InChI is InChI=1S/C12H13FN2O.C10H11NO.C2H6/c1-8(7-11(14)12(15)16)6-9-4-2-3-5-10(9)13;12-10-7-3-5-8-4-1-2-6-9(8)11-10;1-2/h2-5,7H,1,6,14H2,(H2,15,16);1-2,4,6H,3,5,7H2,(H,11,12);1-2H3/b11-7-;;. The number of hydrogen-bond donors (Lipinski definition) is 3. The Kier molecular flexibility index (Phi) is 10.6. The minimum atomic E-state index is -0.713. The molecular weight excluding hydrogens is 381 g/mol. The first-order valence-corrected chi connectivity index (χ1v) is 9.92. The molecule has 0 radical (unpaired) electrons. The van der Waals surface area contributed by atoms with Crippen LogP contribution in [0.2, 0.25) is 0 Å². The second-order valence-electron chi connectivity index (χ2n) is 6.45. The van der Waals surface area contributed by atoms with Crippen molar-refractivity contribution in [2.75, 3.05) is 5.32 Å². The molecule has 3 rings (SSSR count). The van der Waals surface area contributed by atoms with Crippen molar-refractivity contribution in [3.05, 3.63) is 89.4 Å². The summed E-state index contributed by atoms with van der Waals surface area (Å²) in [5.74, 6) is -0.885. The molecule has 1 aliphatic heterocycles. The number of hydrogen-bond acceptors (Lipinski definition) is 3. The van der Waals surface area contributed by atoms with Gasteiger partial charge in [-0.15, -0.1) is 0 Å². The first-order chi connectivity index (χ1) is 14.4. The third-order valence-electron chi connectivity index (χ3n) is 4.16. The number of benzene rings is 2. The number of aryl methyl sites for hydroxylation is 1. The van der Waals surface area contributed by atoms with E-state index in [4.69, 9.17) is 11.5 Å². The number of carbonyl (C=O) groups excluding carboxylic acids is 2. The molecule has 0 fully saturated rings. The highest BCUT2D eigenvalue weighted by atomic mass is 19.1. The molecule has 2 aromatic carbocycles. The number of anilines is 1. The predicted octanol–water partition coefficient (Wildman–Crippen LogP) is 4.24. The van der Waals surface area contributed by atoms with E-state index in [0.29, 0.717) is 24.0 Å². The first-order valence-electron chi connectivity index (χ1n) is 9.92. The maximum atomic E-state index is 13.3. The molecule has 1 aliphatic rings. The molecule has 30 heavy (non-hydrogen) atoms. The van der Waals surface area contributed by atoms with Crippen LogP contribution in [0.25, 0.3) is 0 Å². The number of nitrogens with two attached hydrogens (primary N) is 2. The van der Waals surface area contributed by atoms with Crippen molar-refractivity contribution in [3.63, 3.8) is 0 Å². The molecule has 5 nitrogen and oxygen atoms in total. The Morgan fingerprint density at radius 2 is 1.73 bits per heavy atom. The Morgan fingerprint density at radius 1 is 1.10 bits per heavy atom. The number of primary amides is 1. The van der Waals surface area contributed by atoms with Crippen LogP contribution in [0.5, 0.6) is 0 Å². The number of fused-ring (bicyclic) bond motifs is 1. The number of allylic oxidation sites excluding steroid dienone is 2. The van der Waals surface area contributed by atoms with E-state index in [-0.39, 0.29) is 17.4 Å². The van der Waals surface area contributed by atoms with Gasteiger partial charge in [-0.05, 0) is 54.2 Å². The summed E-state index contributed by atoms with van der Waals surface area (Å²) in [6.45, 7) is 7.68. The van der Waals surface area contributed by atoms with Crippen molar-refractivity contribution < 1.29 is 14.0 Å². The first kappa shape index (κ1) is 24.6. The Morgan fingerprint density at radius 3 is 2.40 bits per heavy atom. The van der Waals surface area contributed by atoms with E-state index in [0.717, 1.165) is 18.5 Å². The van der Waals surface area contributed by atoms with E-state index in [1.807, 2.05) is 32.0 Å². The third-order valence-corrected chi connectivity index (χ3v) is 4.16. The van der Waals surface area contributed by atoms with Crippen LogP contribution in [-0.4, -0.2) is 11.8 Å². The summed E-state index contributed by atoms with van der Waals surface area (Å²) >= 11 is 0. The van der Waals surface area contributed by atoms with Crippen LogP contribution in [0, 0.1) is 5.82 Å². The smallest absolute Gasteiger partial charge is 0.264 e. The molecule has 0 unspecified atom stereocenters. The van der Waals surface area contributed by atoms with Gasteiger partial charge in [0.2, 0.25) is 5.91 Å². The molecule has 1 heterocycles. The monoisotopic (exact) mass is 411 g/mol. The fourth-order valence-electron chi connectivity index (χ4n) is 2.74. The van der Waals surface area contributed by atoms with Gasteiger partial charge >= 0.3 is 0 Å². The lowest BCUT2D eigenvalue weighted by Crippen LogP contribution is -2.20. The van der Waals surface area contributed by atoms with E-state index in [2.05, 4.69) is 18.0 Å². The largest absolute Gasteiger partial charge is 0.394 e. The van der Waals surface area contributed by atoms with E-state index >= 15 is 0 Å². The number of rotatable bonds is 4. The molecule has 6 heteroatoms. The number of para-hydroxylation sites is 1. The van der Waals surface area contributed by atoms with Crippen LogP contribution in [0.4, 0.5) is 10.1 Å². The topological polar surface area (TPSA) is 98.2 Å². The highest BCUT2D eigenvalue weighted by Gasteiger charge is 2.10. The Bertz CT molecular complexity index is 907. The second kappa shape index (κ2) is 12.9. The fourth-order valence-corrected chi connectivity index (χ4v) is 2.74. The highest BCUT2D eigenvalue weighted by Crippen LogP contribution is 2.20. The summed E-state index contributed by atoms with van der Waals surface area (Å²) in [5.41, 5.74) is 13.5. The summed E-state index contributed by atoms with van der Waals surface area (Å²) in [7, 11) is 0. The summed E-state index contributed by atoms with van der Waals surface area (Å²) < 4.78 is 13.3. The lowest BCUT2D eigenvalue weighted by molar-refractivity contribution is -0.116. The van der Waals surface area contributed by atoms with Crippen LogP contribution < -0.4 is 16.8 Å². The molecular formula is C24H30FN3O2. The maximum Gasteiger partial charge on any atom is 0.264 e. The molecule has 0 spiro atoms. The average Bonchev–Trinajstić information content (AvgIpc) is 2.92. The summed E-state index contributed by atoms with van der Waals surface area (Å²) in [6, 6.07) is 14.3. The molecule has 0 saturated carbocycles. The van der Waals surface area contributed by atoms with Gasteiger partial charge in [-0.2, -0.15) is 0 Å². The van der Waals surface area contributed by atoms with Crippen LogP contribution in [0.3, 0.4) is 0 Å². The Balaban J connectivity index is 0.000000285. The van der Waals surface area contributed by atoms with Gasteiger partial charge in [0.25, 0.3) is 5.91 Å². The van der Waals surface area contributed by atoms with Crippen molar-refractivity contribution in [2.24, 2.45) is 11.5 Å². The van der Waals surface area contributed by atoms with Gasteiger partial charge in [-0.25, -0.2) is 4.39 Å². The molecule has 0 aliphatic carbocycles. The fraction of sp³-hybridized carbons (Fsp3) is 0.250. The van der Waals surface area contributed by atoms with Gasteiger partial charge < -0.3 is 16.8 Å². The Hall–Kier alpha value is -3.41.